The predicted octanol–water partition coefficient (Wildman–Crippen LogP) is 5.10. The number of nitrogens with one attached hydrogen (secondary N) is 1. The summed E-state index contributed by atoms with van der Waals surface area (Å²) >= 11 is 3.13. The van der Waals surface area contributed by atoms with Gasteiger partial charge in [-0.25, -0.2) is 0 Å². The van der Waals surface area contributed by atoms with Crippen molar-refractivity contribution in [3.63, 3.8) is 0 Å². The maximum Gasteiger partial charge on any atom is 0.251 e. The summed E-state index contributed by atoms with van der Waals surface area (Å²) in [7, 11) is 0. The van der Waals surface area contributed by atoms with Gasteiger partial charge < -0.3 is 16.0 Å². The number of hydrogen-bond donors (Lipinski definition) is 2. The number of hydrogen-bond acceptors (Lipinski definition) is 5. The van der Waals surface area contributed by atoms with Gasteiger partial charge in [-0.15, -0.1) is 11.3 Å². The molecule has 2 aromatic carbocycles. The lowest BCUT2D eigenvalue weighted by Crippen LogP contribution is -2.26. The average Bonchev–Trinajstić information content (AvgIpc) is 2.98. The highest BCUT2D eigenvalue weighted by atomic mass is 32.2. The van der Waals surface area contributed by atoms with E-state index in [1.54, 1.807) is 11.8 Å². The van der Waals surface area contributed by atoms with E-state index in [1.807, 2.05) is 38.1 Å². The Balaban J connectivity index is 1.54. The largest absolute Gasteiger partial charge is 0.365 e. The lowest BCUT2D eigenvalue weighted by atomic mass is 10.1. The first kappa shape index (κ1) is 19.5. The van der Waals surface area contributed by atoms with Gasteiger partial charge in [0.15, 0.2) is 0 Å². The molecule has 0 atom stereocenters. The first-order valence-electron chi connectivity index (χ1n) is 9.29. The highest BCUT2D eigenvalue weighted by Crippen LogP contribution is 2.47. The number of thiophene rings is 1. The van der Waals surface area contributed by atoms with Gasteiger partial charge in [0.2, 0.25) is 5.91 Å². The number of para-hydroxylation sites is 2. The van der Waals surface area contributed by atoms with Crippen LogP contribution in [0.4, 0.5) is 16.4 Å². The second-order valence-corrected chi connectivity index (χ2v) is 9.15. The number of primary amides is 1. The number of rotatable bonds is 5. The van der Waals surface area contributed by atoms with Gasteiger partial charge in [0.25, 0.3) is 5.91 Å². The molecule has 1 aromatic heterocycles. The smallest absolute Gasteiger partial charge is 0.251 e. The van der Waals surface area contributed by atoms with E-state index >= 15 is 0 Å². The minimum Gasteiger partial charge on any atom is -0.365 e. The van der Waals surface area contributed by atoms with E-state index in [2.05, 4.69) is 34.5 Å². The lowest BCUT2D eigenvalue weighted by Gasteiger charge is -2.32. The molecule has 5 nitrogen and oxygen atoms in total. The van der Waals surface area contributed by atoms with Crippen LogP contribution in [0.15, 0.2) is 58.3 Å². The third-order valence-corrected chi connectivity index (χ3v) is 7.23. The van der Waals surface area contributed by atoms with Crippen LogP contribution in [0.1, 0.15) is 27.2 Å². The van der Waals surface area contributed by atoms with Crippen LogP contribution in [0.3, 0.4) is 0 Å². The molecule has 0 aliphatic carbocycles. The van der Waals surface area contributed by atoms with Gasteiger partial charge >= 0.3 is 0 Å². The minimum absolute atomic E-state index is 0.137. The molecular formula is C22H21N3O2S2. The van der Waals surface area contributed by atoms with Crippen LogP contribution in [-0.4, -0.2) is 18.4 Å². The van der Waals surface area contributed by atoms with Crippen molar-refractivity contribution >= 4 is 51.3 Å². The van der Waals surface area contributed by atoms with Gasteiger partial charge in [-0.2, -0.15) is 0 Å². The summed E-state index contributed by atoms with van der Waals surface area (Å²) in [5.41, 5.74) is 8.95. The molecule has 0 bridgehead atoms. The number of carbonyl (C=O) groups is 2. The zero-order valence-electron chi connectivity index (χ0n) is 16.2. The first-order chi connectivity index (χ1) is 14.0. The Labute approximate surface area is 177 Å². The quantitative estimate of drug-likeness (QED) is 0.599. The predicted molar refractivity (Wildman–Crippen MR) is 120 cm³/mol. The molecule has 3 N–H and O–H groups in total. The lowest BCUT2D eigenvalue weighted by molar-refractivity contribution is -0.116. The zero-order chi connectivity index (χ0) is 20.5. The monoisotopic (exact) mass is 423 g/mol. The second-order valence-electron chi connectivity index (χ2n) is 6.84. The summed E-state index contributed by atoms with van der Waals surface area (Å²) in [6, 6.07) is 16.4. The Morgan fingerprint density at radius 2 is 1.59 bits per heavy atom. The minimum atomic E-state index is -0.516. The molecular weight excluding hydrogens is 402 g/mol. The highest BCUT2D eigenvalue weighted by Gasteiger charge is 2.24. The number of aryl methyl sites for hydroxylation is 1. The van der Waals surface area contributed by atoms with Crippen LogP contribution in [0, 0.1) is 13.8 Å². The average molecular weight is 424 g/mol. The van der Waals surface area contributed by atoms with Crippen molar-refractivity contribution in [2.75, 3.05) is 16.8 Å². The highest BCUT2D eigenvalue weighted by molar-refractivity contribution is 7.99. The number of fused-ring (bicyclic) bond motifs is 2. The first-order valence-corrected chi connectivity index (χ1v) is 10.9. The summed E-state index contributed by atoms with van der Waals surface area (Å²) in [5.74, 6) is -0.653. The van der Waals surface area contributed by atoms with Crippen LogP contribution in [0.2, 0.25) is 0 Å². The molecule has 7 heteroatoms. The van der Waals surface area contributed by atoms with Gasteiger partial charge in [0.1, 0.15) is 5.00 Å². The van der Waals surface area contributed by atoms with Crippen LogP contribution < -0.4 is 16.0 Å². The molecule has 0 spiro atoms. The SMILES string of the molecule is Cc1sc(NC(=O)CCN2c3ccccc3Sc3ccccc32)c(C(N)=O)c1C. The van der Waals surface area contributed by atoms with Gasteiger partial charge in [-0.1, -0.05) is 36.0 Å². The second kappa shape index (κ2) is 7.93. The molecule has 0 unspecified atom stereocenters. The molecule has 2 heterocycles. The molecule has 0 radical (unpaired) electrons. The van der Waals surface area contributed by atoms with E-state index in [-0.39, 0.29) is 5.91 Å². The van der Waals surface area contributed by atoms with Crippen molar-refractivity contribution in [2.45, 2.75) is 30.1 Å². The maximum absolute atomic E-state index is 12.7. The molecule has 1 aliphatic heterocycles. The summed E-state index contributed by atoms with van der Waals surface area (Å²) in [4.78, 5) is 30.0. The Kier molecular flexibility index (Phi) is 5.34. The fourth-order valence-corrected chi connectivity index (χ4v) is 5.61. The molecule has 3 aromatic rings. The van der Waals surface area contributed by atoms with Crippen LogP contribution in [-0.2, 0) is 4.79 Å². The molecule has 0 fully saturated rings. The van der Waals surface area contributed by atoms with E-state index in [1.165, 1.54) is 21.1 Å². The normalized spacial score (nSPS) is 12.3. The third-order valence-electron chi connectivity index (χ3n) is 4.98. The fourth-order valence-electron chi connectivity index (χ4n) is 3.44. The van der Waals surface area contributed by atoms with Crippen molar-refractivity contribution < 1.29 is 9.59 Å². The molecule has 29 heavy (non-hydrogen) atoms. The van der Waals surface area contributed by atoms with E-state index in [9.17, 15) is 9.59 Å². The van der Waals surface area contributed by atoms with Crippen molar-refractivity contribution in [1.82, 2.24) is 0 Å². The molecule has 148 valence electrons. The van der Waals surface area contributed by atoms with Crippen LogP contribution >= 0.6 is 23.1 Å². The van der Waals surface area contributed by atoms with Crippen LogP contribution in [0.25, 0.3) is 0 Å². The van der Waals surface area contributed by atoms with E-state index in [0.29, 0.717) is 23.5 Å². The standard InChI is InChI=1S/C22H21N3O2S2/c1-13-14(2)28-22(20(13)21(23)27)24-19(26)11-12-25-15-7-3-5-9-17(15)29-18-10-6-4-8-16(18)25/h3-10H,11-12H2,1-2H3,(H2,23,27)(H,24,26). The Bertz CT molecular complexity index is 1060. The number of benzene rings is 2. The van der Waals surface area contributed by atoms with E-state index in [4.69, 9.17) is 5.73 Å². The molecule has 1 aliphatic rings. The van der Waals surface area contributed by atoms with Crippen molar-refractivity contribution in [1.29, 1.82) is 0 Å². The van der Waals surface area contributed by atoms with Crippen molar-refractivity contribution in [3.8, 4) is 0 Å². The molecule has 2 amide bonds. The Morgan fingerprint density at radius 1 is 1.00 bits per heavy atom. The van der Waals surface area contributed by atoms with Gasteiger partial charge in [0.05, 0.1) is 16.9 Å². The number of amides is 2. The maximum atomic E-state index is 12.7. The number of anilines is 3. The number of nitrogens with two attached hydrogens (primary N) is 1. The van der Waals surface area contributed by atoms with Gasteiger partial charge in [-0.05, 0) is 43.7 Å². The zero-order valence-corrected chi connectivity index (χ0v) is 17.8. The summed E-state index contributed by atoms with van der Waals surface area (Å²) in [6.45, 7) is 4.30. The van der Waals surface area contributed by atoms with Crippen molar-refractivity contribution in [3.05, 3.63) is 64.5 Å². The van der Waals surface area contributed by atoms with Gasteiger partial charge in [-0.3, -0.25) is 9.59 Å². The molecule has 4 rings (SSSR count). The summed E-state index contributed by atoms with van der Waals surface area (Å²) < 4.78 is 0. The van der Waals surface area contributed by atoms with Crippen molar-refractivity contribution in [2.24, 2.45) is 5.73 Å². The topological polar surface area (TPSA) is 75.4 Å². The molecule has 0 saturated carbocycles. The van der Waals surface area contributed by atoms with E-state index in [0.717, 1.165) is 21.8 Å². The third kappa shape index (κ3) is 3.75. The Morgan fingerprint density at radius 3 is 2.17 bits per heavy atom. The Hall–Kier alpha value is -2.77. The fraction of sp³-hybridized carbons (Fsp3) is 0.182. The van der Waals surface area contributed by atoms with Gasteiger partial charge in [0, 0.05) is 27.6 Å². The number of nitrogens with zero attached hydrogens (tertiary/aromatic N) is 1. The molecule has 0 saturated heterocycles. The van der Waals surface area contributed by atoms with E-state index < -0.39 is 5.91 Å². The summed E-state index contributed by atoms with van der Waals surface area (Å²) in [6.07, 6.45) is 0.293. The summed E-state index contributed by atoms with van der Waals surface area (Å²) in [5, 5.41) is 3.42. The number of carbonyl (C=O) groups excluding carboxylic acids is 2. The van der Waals surface area contributed by atoms with Crippen LogP contribution in [0.5, 0.6) is 0 Å².